The Morgan fingerprint density at radius 3 is 2.60 bits per heavy atom. The van der Waals surface area contributed by atoms with Gasteiger partial charge in [-0.3, -0.25) is 9.79 Å². The topological polar surface area (TPSA) is 88.8 Å². The summed E-state index contributed by atoms with van der Waals surface area (Å²) in [6, 6.07) is 4.57. The van der Waals surface area contributed by atoms with Gasteiger partial charge in [-0.05, 0) is 32.4 Å². The van der Waals surface area contributed by atoms with Crippen molar-refractivity contribution >= 4 is 47.0 Å². The molecular weight excluding hydrogens is 367 g/mol. The summed E-state index contributed by atoms with van der Waals surface area (Å²) >= 11 is 12.2. The maximum atomic E-state index is 12.0. The van der Waals surface area contributed by atoms with Gasteiger partial charge in [0.25, 0.3) is 0 Å². The summed E-state index contributed by atoms with van der Waals surface area (Å²) in [5.41, 5.74) is 0.211. The molecule has 0 heterocycles. The van der Waals surface area contributed by atoms with Crippen molar-refractivity contribution in [2.45, 2.75) is 33.3 Å². The molecule has 25 heavy (non-hydrogen) atoms. The maximum Gasteiger partial charge on any atom is 0.339 e. The van der Waals surface area contributed by atoms with Crippen LogP contribution in [0.15, 0.2) is 17.1 Å². The van der Waals surface area contributed by atoms with Crippen molar-refractivity contribution in [2.24, 2.45) is 10.9 Å². The van der Waals surface area contributed by atoms with Gasteiger partial charge in [-0.1, -0.05) is 30.1 Å². The molecule has 1 aromatic carbocycles. The molecule has 0 spiro atoms. The summed E-state index contributed by atoms with van der Waals surface area (Å²) in [6.45, 7) is 5.45. The van der Waals surface area contributed by atoms with Crippen molar-refractivity contribution in [3.8, 4) is 6.07 Å². The van der Waals surface area contributed by atoms with Crippen LogP contribution < -0.4 is 0 Å². The number of hydrogen-bond donors (Lipinski definition) is 0. The zero-order chi connectivity index (χ0) is 19.0. The summed E-state index contributed by atoms with van der Waals surface area (Å²) in [7, 11) is 0. The van der Waals surface area contributed by atoms with E-state index in [1.54, 1.807) is 19.9 Å². The quantitative estimate of drug-likeness (QED) is 0.514. The van der Waals surface area contributed by atoms with Crippen LogP contribution >= 0.6 is 23.2 Å². The highest BCUT2D eigenvalue weighted by molar-refractivity contribution is 6.38. The number of halogens is 2. The molecule has 0 N–H and O–H groups in total. The number of esters is 2. The van der Waals surface area contributed by atoms with Gasteiger partial charge in [-0.15, -0.1) is 0 Å². The van der Waals surface area contributed by atoms with E-state index in [1.165, 1.54) is 12.1 Å². The second kappa shape index (κ2) is 10.0. The predicted molar refractivity (Wildman–Crippen MR) is 95.5 cm³/mol. The van der Waals surface area contributed by atoms with Gasteiger partial charge in [-0.25, -0.2) is 4.79 Å². The van der Waals surface area contributed by atoms with E-state index in [-0.39, 0.29) is 34.0 Å². The third kappa shape index (κ3) is 6.37. The Kier molecular flexibility index (Phi) is 8.39. The first-order valence-electron chi connectivity index (χ1n) is 7.60. The molecule has 1 unspecified atom stereocenters. The molecule has 0 fully saturated rings. The highest BCUT2D eigenvalue weighted by Crippen LogP contribution is 2.33. The Bertz CT molecular complexity index is 711. The second-order valence-corrected chi connectivity index (χ2v) is 6.11. The molecule has 0 bridgehead atoms. The highest BCUT2D eigenvalue weighted by Gasteiger charge is 2.20. The molecule has 1 atom stereocenters. The molecular formula is C17H18Cl2N2O4. The molecule has 0 radical (unpaired) electrons. The molecule has 0 aromatic heterocycles. The van der Waals surface area contributed by atoms with Gasteiger partial charge in [-0.2, -0.15) is 5.26 Å². The van der Waals surface area contributed by atoms with E-state index in [4.69, 9.17) is 37.9 Å². The minimum Gasteiger partial charge on any atom is -0.462 e. The number of rotatable bonds is 7. The van der Waals surface area contributed by atoms with Crippen LogP contribution in [0.4, 0.5) is 5.69 Å². The molecule has 1 rings (SSSR count). The molecule has 6 nitrogen and oxygen atoms in total. The van der Waals surface area contributed by atoms with Gasteiger partial charge < -0.3 is 9.47 Å². The third-order valence-corrected chi connectivity index (χ3v) is 3.40. The third-order valence-electron chi connectivity index (χ3n) is 2.78. The first-order valence-corrected chi connectivity index (χ1v) is 8.36. The largest absolute Gasteiger partial charge is 0.462 e. The highest BCUT2D eigenvalue weighted by atomic mass is 35.5. The van der Waals surface area contributed by atoms with Crippen molar-refractivity contribution in [3.05, 3.63) is 27.7 Å². The van der Waals surface area contributed by atoms with Crippen molar-refractivity contribution in [1.29, 1.82) is 5.26 Å². The van der Waals surface area contributed by atoms with Gasteiger partial charge in [0.15, 0.2) is 5.92 Å². The van der Waals surface area contributed by atoms with Gasteiger partial charge in [0.05, 0.1) is 35.1 Å². The second-order valence-electron chi connectivity index (χ2n) is 5.29. The van der Waals surface area contributed by atoms with Gasteiger partial charge >= 0.3 is 11.9 Å². The van der Waals surface area contributed by atoms with Crippen LogP contribution in [-0.2, 0) is 14.3 Å². The SMILES string of the molecule is CCCOC(=O)c1cc(Cl)cc(N=CC(C#N)C(=O)OC(C)C)c1Cl. The maximum absolute atomic E-state index is 12.0. The number of carbonyl (C=O) groups is 2. The van der Waals surface area contributed by atoms with Gasteiger partial charge in [0.2, 0.25) is 0 Å². The first-order chi connectivity index (χ1) is 11.8. The average Bonchev–Trinajstić information content (AvgIpc) is 2.55. The van der Waals surface area contributed by atoms with Crippen LogP contribution in [-0.4, -0.2) is 30.9 Å². The Morgan fingerprint density at radius 2 is 2.04 bits per heavy atom. The number of hydrogen-bond acceptors (Lipinski definition) is 6. The minimum absolute atomic E-state index is 0.0238. The minimum atomic E-state index is -1.20. The Labute approximate surface area is 156 Å². The zero-order valence-corrected chi connectivity index (χ0v) is 15.6. The molecule has 0 aliphatic carbocycles. The summed E-state index contributed by atoms with van der Waals surface area (Å²) in [4.78, 5) is 27.8. The smallest absolute Gasteiger partial charge is 0.339 e. The number of nitrogens with zero attached hydrogens (tertiary/aromatic N) is 2. The van der Waals surface area contributed by atoms with Crippen molar-refractivity contribution in [2.75, 3.05) is 6.61 Å². The van der Waals surface area contributed by atoms with Crippen molar-refractivity contribution < 1.29 is 19.1 Å². The zero-order valence-electron chi connectivity index (χ0n) is 14.1. The van der Waals surface area contributed by atoms with Crippen LogP contribution in [0.5, 0.6) is 0 Å². The molecule has 0 aliphatic rings. The average molecular weight is 385 g/mol. The fourth-order valence-corrected chi connectivity index (χ4v) is 2.14. The lowest BCUT2D eigenvalue weighted by Gasteiger charge is -2.10. The van der Waals surface area contributed by atoms with E-state index in [0.29, 0.717) is 6.42 Å². The van der Waals surface area contributed by atoms with E-state index < -0.39 is 17.9 Å². The lowest BCUT2D eigenvalue weighted by atomic mass is 10.2. The number of ether oxygens (including phenoxy) is 2. The van der Waals surface area contributed by atoms with Crippen molar-refractivity contribution in [3.63, 3.8) is 0 Å². The van der Waals surface area contributed by atoms with E-state index in [0.717, 1.165) is 6.21 Å². The number of aliphatic imine (C=N–C) groups is 1. The molecule has 0 saturated carbocycles. The first kappa shape index (κ1) is 20.9. The van der Waals surface area contributed by atoms with E-state index >= 15 is 0 Å². The summed E-state index contributed by atoms with van der Waals surface area (Å²) < 4.78 is 10.0. The van der Waals surface area contributed by atoms with Crippen LogP contribution in [0.3, 0.4) is 0 Å². The number of carbonyl (C=O) groups excluding carboxylic acids is 2. The fraction of sp³-hybridized carbons (Fsp3) is 0.412. The number of nitriles is 1. The molecule has 134 valence electrons. The molecule has 0 saturated heterocycles. The summed E-state index contributed by atoms with van der Waals surface area (Å²) in [5.74, 6) is -2.54. The summed E-state index contributed by atoms with van der Waals surface area (Å²) in [6.07, 6.45) is 1.41. The van der Waals surface area contributed by atoms with Crippen LogP contribution in [0.25, 0.3) is 0 Å². The van der Waals surface area contributed by atoms with Gasteiger partial charge in [0.1, 0.15) is 0 Å². The molecule has 0 aliphatic heterocycles. The van der Waals surface area contributed by atoms with E-state index in [9.17, 15) is 9.59 Å². The van der Waals surface area contributed by atoms with Crippen LogP contribution in [0.1, 0.15) is 37.6 Å². The normalized spacial score (nSPS) is 12.0. The van der Waals surface area contributed by atoms with Crippen LogP contribution in [0.2, 0.25) is 10.0 Å². The van der Waals surface area contributed by atoms with E-state index in [1.807, 2.05) is 6.92 Å². The Hall–Kier alpha value is -2.10. The predicted octanol–water partition coefficient (Wildman–Crippen LogP) is 4.35. The fourth-order valence-electron chi connectivity index (χ4n) is 1.70. The Morgan fingerprint density at radius 1 is 1.36 bits per heavy atom. The van der Waals surface area contributed by atoms with E-state index in [2.05, 4.69) is 4.99 Å². The van der Waals surface area contributed by atoms with Crippen LogP contribution in [0, 0.1) is 17.2 Å². The Balaban J connectivity index is 3.09. The lowest BCUT2D eigenvalue weighted by Crippen LogP contribution is -2.20. The monoisotopic (exact) mass is 384 g/mol. The standard InChI is InChI=1S/C17H18Cl2N2O4/c1-4-5-24-17(23)13-6-12(18)7-14(15(13)19)21-9-11(8-20)16(22)25-10(2)3/h6-7,9-11H,4-5H2,1-3H3. The molecule has 0 amide bonds. The lowest BCUT2D eigenvalue weighted by molar-refractivity contribution is -0.148. The molecule has 1 aromatic rings. The molecule has 8 heteroatoms. The number of benzene rings is 1. The summed E-state index contributed by atoms with van der Waals surface area (Å²) in [5, 5.41) is 9.32. The van der Waals surface area contributed by atoms with Gasteiger partial charge in [0, 0.05) is 11.2 Å². The van der Waals surface area contributed by atoms with Crippen molar-refractivity contribution in [1.82, 2.24) is 0 Å².